The van der Waals surface area contributed by atoms with Gasteiger partial charge in [0.1, 0.15) is 5.60 Å². The van der Waals surface area contributed by atoms with Gasteiger partial charge in [0.2, 0.25) is 0 Å². The highest BCUT2D eigenvalue weighted by Gasteiger charge is 2.15. The van der Waals surface area contributed by atoms with E-state index in [2.05, 4.69) is 6.92 Å². The number of thioether (sulfide) groups is 1. The van der Waals surface area contributed by atoms with Crippen molar-refractivity contribution in [2.24, 2.45) is 0 Å². The van der Waals surface area contributed by atoms with Gasteiger partial charge in [-0.2, -0.15) is 11.8 Å². The summed E-state index contributed by atoms with van der Waals surface area (Å²) in [6.07, 6.45) is 1.10. The van der Waals surface area contributed by atoms with Gasteiger partial charge in [0.25, 0.3) is 0 Å². The molecule has 0 aliphatic carbocycles. The Morgan fingerprint density at radius 1 is 1.42 bits per heavy atom. The van der Waals surface area contributed by atoms with E-state index in [-0.39, 0.29) is 11.6 Å². The van der Waals surface area contributed by atoms with Crippen LogP contribution >= 0.6 is 11.8 Å². The summed E-state index contributed by atoms with van der Waals surface area (Å²) in [5.41, 5.74) is -0.343. The lowest BCUT2D eigenvalue weighted by molar-refractivity contribution is -0.151. The monoisotopic (exact) mass is 190 g/mol. The third kappa shape index (κ3) is 7.92. The van der Waals surface area contributed by atoms with Crippen LogP contribution in [0.1, 0.15) is 34.1 Å². The van der Waals surface area contributed by atoms with Crippen molar-refractivity contribution in [3.8, 4) is 0 Å². The quantitative estimate of drug-likeness (QED) is 0.503. The SMILES string of the molecule is CCCSCC(=O)OC(C)(C)C. The lowest BCUT2D eigenvalue weighted by atomic mass is 10.2. The molecule has 0 N–H and O–H groups in total. The highest BCUT2D eigenvalue weighted by molar-refractivity contribution is 7.99. The van der Waals surface area contributed by atoms with Crippen LogP contribution in [0.2, 0.25) is 0 Å². The number of hydrogen-bond acceptors (Lipinski definition) is 3. The van der Waals surface area contributed by atoms with Crippen molar-refractivity contribution in [2.45, 2.75) is 39.7 Å². The second kappa shape index (κ2) is 5.46. The normalized spacial score (nSPS) is 11.3. The van der Waals surface area contributed by atoms with Gasteiger partial charge in [-0.05, 0) is 32.9 Å². The minimum absolute atomic E-state index is 0.110. The van der Waals surface area contributed by atoms with E-state index in [4.69, 9.17) is 4.74 Å². The first-order valence-electron chi connectivity index (χ1n) is 4.25. The topological polar surface area (TPSA) is 26.3 Å². The molecule has 2 nitrogen and oxygen atoms in total. The molecule has 0 amide bonds. The standard InChI is InChI=1S/C9H18O2S/c1-5-6-12-7-8(10)11-9(2,3)4/h5-7H2,1-4H3. The molecular weight excluding hydrogens is 172 g/mol. The summed E-state index contributed by atoms with van der Waals surface area (Å²) in [6, 6.07) is 0. The van der Waals surface area contributed by atoms with Crippen LogP contribution in [0.3, 0.4) is 0 Å². The summed E-state index contributed by atoms with van der Waals surface area (Å²) >= 11 is 1.63. The molecule has 0 aromatic heterocycles. The Morgan fingerprint density at radius 3 is 2.42 bits per heavy atom. The number of esters is 1. The molecule has 3 heteroatoms. The summed E-state index contributed by atoms with van der Waals surface area (Å²) in [6.45, 7) is 7.75. The fourth-order valence-corrected chi connectivity index (χ4v) is 1.33. The number of rotatable bonds is 4. The molecule has 72 valence electrons. The van der Waals surface area contributed by atoms with E-state index in [9.17, 15) is 4.79 Å². The average Bonchev–Trinajstić information content (AvgIpc) is 1.84. The maximum absolute atomic E-state index is 11.1. The third-order valence-electron chi connectivity index (χ3n) is 0.988. The lowest BCUT2D eigenvalue weighted by Gasteiger charge is -2.19. The van der Waals surface area contributed by atoms with Crippen molar-refractivity contribution in [3.05, 3.63) is 0 Å². The maximum Gasteiger partial charge on any atom is 0.316 e. The summed E-state index contributed by atoms with van der Waals surface area (Å²) < 4.78 is 5.12. The largest absolute Gasteiger partial charge is 0.459 e. The fraction of sp³-hybridized carbons (Fsp3) is 0.889. The first-order valence-corrected chi connectivity index (χ1v) is 5.41. The van der Waals surface area contributed by atoms with Gasteiger partial charge < -0.3 is 4.74 Å². The Bertz CT molecular complexity index is 138. The number of carbonyl (C=O) groups excluding carboxylic acids is 1. The predicted molar refractivity (Wildman–Crippen MR) is 53.5 cm³/mol. The smallest absolute Gasteiger partial charge is 0.316 e. The van der Waals surface area contributed by atoms with E-state index in [1.54, 1.807) is 11.8 Å². The van der Waals surface area contributed by atoms with E-state index in [0.29, 0.717) is 5.75 Å². The zero-order chi connectivity index (χ0) is 9.61. The van der Waals surface area contributed by atoms with Gasteiger partial charge >= 0.3 is 5.97 Å². The van der Waals surface area contributed by atoms with Crippen LogP contribution in [-0.2, 0) is 9.53 Å². The van der Waals surface area contributed by atoms with E-state index in [1.807, 2.05) is 20.8 Å². The van der Waals surface area contributed by atoms with Gasteiger partial charge in [0.05, 0.1) is 5.75 Å². The Morgan fingerprint density at radius 2 is 2.00 bits per heavy atom. The van der Waals surface area contributed by atoms with Gasteiger partial charge in [-0.3, -0.25) is 4.79 Å². The zero-order valence-corrected chi connectivity index (χ0v) is 9.16. The van der Waals surface area contributed by atoms with E-state index in [0.717, 1.165) is 12.2 Å². The van der Waals surface area contributed by atoms with Crippen molar-refractivity contribution >= 4 is 17.7 Å². The van der Waals surface area contributed by atoms with Crippen LogP contribution in [0.25, 0.3) is 0 Å². The van der Waals surface area contributed by atoms with Crippen LogP contribution in [0, 0.1) is 0 Å². The van der Waals surface area contributed by atoms with E-state index >= 15 is 0 Å². The number of hydrogen-bond donors (Lipinski definition) is 0. The highest BCUT2D eigenvalue weighted by atomic mass is 32.2. The molecule has 0 aromatic carbocycles. The Balaban J connectivity index is 3.47. The molecule has 0 spiro atoms. The molecule has 0 rings (SSSR count). The zero-order valence-electron chi connectivity index (χ0n) is 8.35. The van der Waals surface area contributed by atoms with Crippen molar-refractivity contribution in [2.75, 3.05) is 11.5 Å². The van der Waals surface area contributed by atoms with Gasteiger partial charge in [-0.25, -0.2) is 0 Å². The van der Waals surface area contributed by atoms with Gasteiger partial charge in [0.15, 0.2) is 0 Å². The van der Waals surface area contributed by atoms with Crippen LogP contribution in [0.4, 0.5) is 0 Å². The molecule has 12 heavy (non-hydrogen) atoms. The predicted octanol–water partition coefficient (Wildman–Crippen LogP) is 2.47. The molecule has 0 atom stereocenters. The molecule has 0 aliphatic heterocycles. The molecule has 0 heterocycles. The Kier molecular flexibility index (Phi) is 5.38. The molecule has 0 aromatic rings. The van der Waals surface area contributed by atoms with Crippen LogP contribution < -0.4 is 0 Å². The minimum Gasteiger partial charge on any atom is -0.459 e. The van der Waals surface area contributed by atoms with E-state index in [1.165, 1.54) is 0 Å². The molecule has 0 fully saturated rings. The minimum atomic E-state index is -0.343. The Hall–Kier alpha value is -0.180. The summed E-state index contributed by atoms with van der Waals surface area (Å²) in [5, 5.41) is 0. The van der Waals surface area contributed by atoms with Crippen molar-refractivity contribution < 1.29 is 9.53 Å². The maximum atomic E-state index is 11.1. The lowest BCUT2D eigenvalue weighted by Crippen LogP contribution is -2.24. The van der Waals surface area contributed by atoms with Crippen molar-refractivity contribution in [3.63, 3.8) is 0 Å². The molecule has 0 bridgehead atoms. The summed E-state index contributed by atoms with van der Waals surface area (Å²) in [7, 11) is 0. The molecule has 0 saturated heterocycles. The van der Waals surface area contributed by atoms with E-state index < -0.39 is 0 Å². The van der Waals surface area contributed by atoms with Crippen LogP contribution in [-0.4, -0.2) is 23.1 Å². The first-order chi connectivity index (χ1) is 5.45. The Labute approximate surface area is 79.1 Å². The summed E-state index contributed by atoms with van der Waals surface area (Å²) in [4.78, 5) is 11.1. The van der Waals surface area contributed by atoms with Crippen LogP contribution in [0.5, 0.6) is 0 Å². The first kappa shape index (κ1) is 11.8. The second-order valence-corrected chi connectivity index (χ2v) is 4.74. The second-order valence-electron chi connectivity index (χ2n) is 3.64. The third-order valence-corrected chi connectivity index (χ3v) is 2.13. The number of ether oxygens (including phenoxy) is 1. The molecular formula is C9H18O2S. The highest BCUT2D eigenvalue weighted by Crippen LogP contribution is 2.10. The number of carbonyl (C=O) groups is 1. The van der Waals surface area contributed by atoms with Gasteiger partial charge in [0, 0.05) is 0 Å². The van der Waals surface area contributed by atoms with Gasteiger partial charge in [-0.15, -0.1) is 0 Å². The van der Waals surface area contributed by atoms with Crippen molar-refractivity contribution in [1.29, 1.82) is 0 Å². The van der Waals surface area contributed by atoms with Crippen LogP contribution in [0.15, 0.2) is 0 Å². The molecule has 0 unspecified atom stereocenters. The molecule has 0 saturated carbocycles. The molecule has 0 radical (unpaired) electrons. The average molecular weight is 190 g/mol. The molecule has 0 aliphatic rings. The summed E-state index contributed by atoms with van der Waals surface area (Å²) in [5.74, 6) is 1.39. The fourth-order valence-electron chi connectivity index (χ4n) is 0.671. The van der Waals surface area contributed by atoms with Crippen molar-refractivity contribution in [1.82, 2.24) is 0 Å². The van der Waals surface area contributed by atoms with Gasteiger partial charge in [-0.1, -0.05) is 6.92 Å².